The second kappa shape index (κ2) is 5.42. The van der Waals surface area contributed by atoms with Crippen molar-refractivity contribution in [2.75, 3.05) is 7.11 Å². The number of pyridine rings is 1. The monoisotopic (exact) mass is 329 g/mol. The van der Waals surface area contributed by atoms with Gasteiger partial charge in [-0.25, -0.2) is 4.79 Å². The highest BCUT2D eigenvalue weighted by Gasteiger charge is 2.33. The predicted molar refractivity (Wildman–Crippen MR) is 57.7 cm³/mol. The van der Waals surface area contributed by atoms with Gasteiger partial charge in [0.05, 0.1) is 12.8 Å². The number of methoxy groups -OCH3 is 1. The molecule has 0 atom stereocenters. The van der Waals surface area contributed by atoms with Crippen molar-refractivity contribution in [3.05, 3.63) is 27.7 Å². The minimum Gasteiger partial charge on any atom is -0.465 e. The van der Waals surface area contributed by atoms with Gasteiger partial charge in [0.25, 0.3) is 5.56 Å². The Morgan fingerprint density at radius 3 is 2.56 bits per heavy atom. The Balaban J connectivity index is 3.31. The summed E-state index contributed by atoms with van der Waals surface area (Å²) in [4.78, 5) is 24.7. The van der Waals surface area contributed by atoms with E-state index in [1.54, 1.807) is 0 Å². The zero-order valence-electron chi connectivity index (χ0n) is 8.93. The summed E-state index contributed by atoms with van der Waals surface area (Å²) in [5, 5.41) is -0.0743. The van der Waals surface area contributed by atoms with Crippen LogP contribution in [0.5, 0.6) is 5.75 Å². The van der Waals surface area contributed by atoms with Crippen molar-refractivity contribution < 1.29 is 27.4 Å². The molecule has 0 aromatic carbocycles. The topological polar surface area (TPSA) is 68.4 Å². The third kappa shape index (κ3) is 3.49. The Kier molecular flexibility index (Phi) is 4.38. The van der Waals surface area contributed by atoms with E-state index < -0.39 is 29.2 Å². The van der Waals surface area contributed by atoms with Gasteiger partial charge in [0, 0.05) is 11.4 Å². The summed E-state index contributed by atoms with van der Waals surface area (Å²) in [6, 6.07) is 0.689. The van der Waals surface area contributed by atoms with Gasteiger partial charge in [-0.15, -0.1) is 13.2 Å². The molecule has 100 valence electrons. The summed E-state index contributed by atoms with van der Waals surface area (Å²) in [7, 11) is 1.00. The first-order valence-electron chi connectivity index (χ1n) is 4.44. The molecule has 0 unspecified atom stereocenters. The van der Waals surface area contributed by atoms with Gasteiger partial charge in [0.15, 0.2) is 5.75 Å². The summed E-state index contributed by atoms with van der Waals surface area (Å²) < 4.78 is 44.4. The zero-order valence-corrected chi connectivity index (χ0v) is 10.5. The van der Waals surface area contributed by atoms with E-state index in [0.29, 0.717) is 6.07 Å². The molecule has 9 heteroatoms. The van der Waals surface area contributed by atoms with Crippen LogP contribution in [0.2, 0.25) is 0 Å². The maximum Gasteiger partial charge on any atom is 0.573 e. The summed E-state index contributed by atoms with van der Waals surface area (Å²) >= 11 is 2.90. The molecule has 0 aliphatic rings. The molecule has 0 fully saturated rings. The van der Waals surface area contributed by atoms with Crippen LogP contribution in [-0.2, 0) is 10.1 Å². The molecular formula is C9H7BrF3NO4. The number of hydrogen-bond acceptors (Lipinski definition) is 4. The maximum atomic E-state index is 12.1. The van der Waals surface area contributed by atoms with E-state index in [0.717, 1.165) is 7.11 Å². The van der Waals surface area contributed by atoms with E-state index in [1.807, 2.05) is 0 Å². The minimum atomic E-state index is -4.93. The number of aromatic amines is 1. The van der Waals surface area contributed by atoms with Crippen molar-refractivity contribution in [2.45, 2.75) is 11.7 Å². The fraction of sp³-hybridized carbons (Fsp3) is 0.333. The van der Waals surface area contributed by atoms with Crippen molar-refractivity contribution in [2.24, 2.45) is 0 Å². The number of halogens is 4. The molecule has 1 N–H and O–H groups in total. The molecule has 1 rings (SSSR count). The average molecular weight is 330 g/mol. The molecular weight excluding hydrogens is 323 g/mol. The van der Waals surface area contributed by atoms with Gasteiger partial charge < -0.3 is 14.5 Å². The van der Waals surface area contributed by atoms with Crippen LogP contribution < -0.4 is 10.3 Å². The SMILES string of the molecule is COC(=O)c1cc(OC(F)(F)F)c(CBr)[nH]c1=O. The highest BCUT2D eigenvalue weighted by Crippen LogP contribution is 2.26. The fourth-order valence-electron chi connectivity index (χ4n) is 1.13. The number of ether oxygens (including phenoxy) is 2. The Bertz CT molecular complexity index is 512. The first kappa shape index (κ1) is 14.6. The zero-order chi connectivity index (χ0) is 13.9. The van der Waals surface area contributed by atoms with Gasteiger partial charge in [-0.2, -0.15) is 0 Å². The second-order valence-corrected chi connectivity index (χ2v) is 3.59. The van der Waals surface area contributed by atoms with Gasteiger partial charge in [0.2, 0.25) is 0 Å². The molecule has 0 radical (unpaired) electrons. The maximum absolute atomic E-state index is 12.1. The molecule has 0 bridgehead atoms. The molecule has 1 aromatic rings. The van der Waals surface area contributed by atoms with Crippen LogP contribution in [0.25, 0.3) is 0 Å². The van der Waals surface area contributed by atoms with E-state index in [2.05, 4.69) is 30.4 Å². The smallest absolute Gasteiger partial charge is 0.465 e. The van der Waals surface area contributed by atoms with Gasteiger partial charge in [-0.05, 0) is 0 Å². The van der Waals surface area contributed by atoms with E-state index in [-0.39, 0.29) is 11.0 Å². The number of rotatable bonds is 3. The highest BCUT2D eigenvalue weighted by molar-refractivity contribution is 9.08. The van der Waals surface area contributed by atoms with Crippen LogP contribution in [0.1, 0.15) is 16.1 Å². The van der Waals surface area contributed by atoms with Gasteiger partial charge in [0.1, 0.15) is 5.56 Å². The van der Waals surface area contributed by atoms with Crippen LogP contribution in [0.4, 0.5) is 13.2 Å². The summed E-state index contributed by atoms with van der Waals surface area (Å²) in [6.45, 7) is 0. The lowest BCUT2D eigenvalue weighted by Gasteiger charge is -2.12. The third-order valence-corrected chi connectivity index (χ3v) is 2.41. The Hall–Kier alpha value is -1.51. The molecule has 1 heterocycles. The lowest BCUT2D eigenvalue weighted by molar-refractivity contribution is -0.275. The molecule has 1 aromatic heterocycles. The van der Waals surface area contributed by atoms with Crippen LogP contribution in [0.15, 0.2) is 10.9 Å². The number of aromatic nitrogens is 1. The predicted octanol–water partition coefficient (Wildman–Crippen LogP) is 1.96. The normalized spacial score (nSPS) is 11.2. The molecule has 0 spiro atoms. The lowest BCUT2D eigenvalue weighted by atomic mass is 10.2. The van der Waals surface area contributed by atoms with Gasteiger partial charge >= 0.3 is 12.3 Å². The highest BCUT2D eigenvalue weighted by atomic mass is 79.9. The largest absolute Gasteiger partial charge is 0.573 e. The van der Waals surface area contributed by atoms with Gasteiger partial charge in [-0.1, -0.05) is 15.9 Å². The van der Waals surface area contributed by atoms with E-state index in [9.17, 15) is 22.8 Å². The van der Waals surface area contributed by atoms with Crippen molar-refractivity contribution in [1.29, 1.82) is 0 Å². The summed E-state index contributed by atoms with van der Waals surface area (Å²) in [5.74, 6) is -1.72. The number of carbonyl (C=O) groups is 1. The number of esters is 1. The molecule has 0 aliphatic heterocycles. The van der Waals surface area contributed by atoms with Crippen LogP contribution in [0, 0.1) is 0 Å². The molecule has 0 aliphatic carbocycles. The summed E-state index contributed by atoms with van der Waals surface area (Å²) in [6.07, 6.45) is -4.93. The lowest BCUT2D eigenvalue weighted by Crippen LogP contribution is -2.24. The number of hydrogen-bond donors (Lipinski definition) is 1. The average Bonchev–Trinajstić information content (AvgIpc) is 2.28. The van der Waals surface area contributed by atoms with Crippen molar-refractivity contribution in [3.63, 3.8) is 0 Å². The number of nitrogens with one attached hydrogen (secondary N) is 1. The summed E-state index contributed by atoms with van der Waals surface area (Å²) in [5.41, 5.74) is -1.56. The Morgan fingerprint density at radius 1 is 1.50 bits per heavy atom. The molecule has 0 amide bonds. The minimum absolute atomic E-state index is 0.0743. The Labute approximate surface area is 107 Å². The molecule has 0 saturated heterocycles. The molecule has 18 heavy (non-hydrogen) atoms. The van der Waals surface area contributed by atoms with Crippen LogP contribution in [0.3, 0.4) is 0 Å². The van der Waals surface area contributed by atoms with E-state index in [4.69, 9.17) is 0 Å². The van der Waals surface area contributed by atoms with Crippen LogP contribution in [-0.4, -0.2) is 24.4 Å². The first-order valence-corrected chi connectivity index (χ1v) is 5.57. The quantitative estimate of drug-likeness (QED) is 0.680. The second-order valence-electron chi connectivity index (χ2n) is 3.03. The molecule has 0 saturated carbocycles. The van der Waals surface area contributed by atoms with Crippen molar-refractivity contribution in [1.82, 2.24) is 4.98 Å². The standard InChI is InChI=1S/C9H7BrF3NO4/c1-17-8(16)4-2-6(18-9(11,12)13)5(3-10)14-7(4)15/h2H,3H2,1H3,(H,14,15). The fourth-order valence-corrected chi connectivity index (χ4v) is 1.54. The van der Waals surface area contributed by atoms with Gasteiger partial charge in [-0.3, -0.25) is 4.79 Å². The first-order chi connectivity index (χ1) is 8.28. The van der Waals surface area contributed by atoms with Crippen LogP contribution >= 0.6 is 15.9 Å². The van der Waals surface area contributed by atoms with Crippen molar-refractivity contribution >= 4 is 21.9 Å². The van der Waals surface area contributed by atoms with Crippen molar-refractivity contribution in [3.8, 4) is 5.75 Å². The number of alkyl halides is 4. The number of carbonyl (C=O) groups excluding carboxylic acids is 1. The van der Waals surface area contributed by atoms with E-state index >= 15 is 0 Å². The molecule has 5 nitrogen and oxygen atoms in total. The van der Waals surface area contributed by atoms with E-state index in [1.165, 1.54) is 0 Å². The Morgan fingerprint density at radius 2 is 2.11 bits per heavy atom. The number of H-pyrrole nitrogens is 1. The third-order valence-electron chi connectivity index (χ3n) is 1.85.